The third-order valence-corrected chi connectivity index (χ3v) is 4.13. The van der Waals surface area contributed by atoms with Gasteiger partial charge < -0.3 is 14.6 Å². The molecule has 0 saturated carbocycles. The minimum absolute atomic E-state index is 0.0119. The van der Waals surface area contributed by atoms with Crippen molar-refractivity contribution in [1.82, 2.24) is 9.56 Å². The quantitative estimate of drug-likeness (QED) is 0.687. The van der Waals surface area contributed by atoms with E-state index in [4.69, 9.17) is 9.26 Å². The second-order valence-electron chi connectivity index (χ2n) is 6.51. The number of hydrogen-bond donors (Lipinski definition) is 1. The van der Waals surface area contributed by atoms with E-state index in [1.165, 1.54) is 6.07 Å². The Morgan fingerprint density at radius 2 is 2.07 bits per heavy atom. The highest BCUT2D eigenvalue weighted by Crippen LogP contribution is 2.24. The van der Waals surface area contributed by atoms with E-state index in [2.05, 4.69) is 10.3 Å². The van der Waals surface area contributed by atoms with Crippen LogP contribution in [0.1, 0.15) is 43.2 Å². The van der Waals surface area contributed by atoms with Gasteiger partial charge in [0.25, 0.3) is 5.56 Å². The molecule has 27 heavy (non-hydrogen) atoms. The van der Waals surface area contributed by atoms with Gasteiger partial charge in [0.1, 0.15) is 18.1 Å². The van der Waals surface area contributed by atoms with E-state index < -0.39 is 0 Å². The molecule has 7 nitrogen and oxygen atoms in total. The van der Waals surface area contributed by atoms with Gasteiger partial charge in [0, 0.05) is 30.3 Å². The van der Waals surface area contributed by atoms with Gasteiger partial charge in [-0.05, 0) is 31.9 Å². The lowest BCUT2D eigenvalue weighted by molar-refractivity contribution is -0.116. The zero-order valence-electron chi connectivity index (χ0n) is 15.7. The number of nitrogens with one attached hydrogen (secondary N) is 1. The third kappa shape index (κ3) is 4.55. The van der Waals surface area contributed by atoms with Crippen LogP contribution >= 0.6 is 0 Å². The molecule has 0 spiro atoms. The molecule has 2 aromatic heterocycles. The molecule has 7 heteroatoms. The first kappa shape index (κ1) is 18.7. The van der Waals surface area contributed by atoms with Gasteiger partial charge in [0.05, 0.1) is 5.69 Å². The molecular weight excluding hydrogens is 346 g/mol. The van der Waals surface area contributed by atoms with Crippen LogP contribution in [0.5, 0.6) is 5.75 Å². The molecule has 142 valence electrons. The number of nitrogens with zero attached hydrogens (tertiary/aromatic N) is 2. The maximum atomic E-state index is 12.1. The number of aryl methyl sites for hydroxylation is 2. The van der Waals surface area contributed by atoms with Crippen molar-refractivity contribution in [1.29, 1.82) is 0 Å². The average Bonchev–Trinajstić information content (AvgIpc) is 3.01. The summed E-state index contributed by atoms with van der Waals surface area (Å²) >= 11 is 0. The SMILES string of the molecule is CCCCC(=O)Nc1ccc(C)c(OCc2cc(=O)n3oc(C)cc3n2)c1. The van der Waals surface area contributed by atoms with Crippen LogP contribution in [0.3, 0.4) is 0 Å². The third-order valence-electron chi connectivity index (χ3n) is 4.13. The normalized spacial score (nSPS) is 10.9. The molecule has 0 aliphatic carbocycles. The number of hydrogen-bond acceptors (Lipinski definition) is 5. The van der Waals surface area contributed by atoms with E-state index in [9.17, 15) is 9.59 Å². The summed E-state index contributed by atoms with van der Waals surface area (Å²) in [4.78, 5) is 28.4. The van der Waals surface area contributed by atoms with Crippen LogP contribution in [0, 0.1) is 13.8 Å². The Hall–Kier alpha value is -3.09. The number of benzene rings is 1. The maximum absolute atomic E-state index is 12.1. The standard InChI is InChI=1S/C20H23N3O4/c1-4-5-6-19(24)22-15-8-7-13(2)17(10-15)26-12-16-11-20(25)23-18(21-16)9-14(3)27-23/h7-11H,4-6,12H2,1-3H3,(H,22,24). The van der Waals surface area contributed by atoms with Gasteiger partial charge in [-0.3, -0.25) is 9.59 Å². The molecule has 0 atom stereocenters. The lowest BCUT2D eigenvalue weighted by Crippen LogP contribution is -2.14. The summed E-state index contributed by atoms with van der Waals surface area (Å²) in [5.41, 5.74) is 2.29. The zero-order valence-corrected chi connectivity index (χ0v) is 15.7. The predicted molar refractivity (Wildman–Crippen MR) is 102 cm³/mol. The summed E-state index contributed by atoms with van der Waals surface area (Å²) in [7, 11) is 0. The maximum Gasteiger partial charge on any atom is 0.287 e. The van der Waals surface area contributed by atoms with Crippen LogP contribution in [0.25, 0.3) is 5.65 Å². The first-order valence-electron chi connectivity index (χ1n) is 8.99. The van der Waals surface area contributed by atoms with Crippen LogP contribution in [0.4, 0.5) is 5.69 Å². The van der Waals surface area contributed by atoms with Crippen molar-refractivity contribution in [3.05, 3.63) is 57.7 Å². The highest BCUT2D eigenvalue weighted by atomic mass is 16.5. The molecule has 1 amide bonds. The second-order valence-corrected chi connectivity index (χ2v) is 6.51. The number of carbonyl (C=O) groups excluding carboxylic acids is 1. The van der Waals surface area contributed by atoms with Gasteiger partial charge in [-0.2, -0.15) is 0 Å². The van der Waals surface area contributed by atoms with Crippen LogP contribution in [0.2, 0.25) is 0 Å². The van der Waals surface area contributed by atoms with E-state index >= 15 is 0 Å². The van der Waals surface area contributed by atoms with Crippen LogP contribution in [0.15, 0.2) is 39.6 Å². The van der Waals surface area contributed by atoms with Gasteiger partial charge in [-0.25, -0.2) is 4.98 Å². The van der Waals surface area contributed by atoms with Crippen molar-refractivity contribution < 1.29 is 14.1 Å². The Kier molecular flexibility index (Phi) is 5.59. The topological polar surface area (TPSA) is 85.8 Å². The van der Waals surface area contributed by atoms with E-state index in [1.807, 2.05) is 26.0 Å². The smallest absolute Gasteiger partial charge is 0.287 e. The summed E-state index contributed by atoms with van der Waals surface area (Å²) in [5.74, 6) is 1.23. The van der Waals surface area contributed by atoms with E-state index in [0.717, 1.165) is 23.0 Å². The molecule has 3 aromatic rings. The Bertz CT molecular complexity index is 1020. The lowest BCUT2D eigenvalue weighted by atomic mass is 10.2. The van der Waals surface area contributed by atoms with Crippen LogP contribution in [-0.2, 0) is 11.4 Å². The minimum Gasteiger partial charge on any atom is -0.487 e. The van der Waals surface area contributed by atoms with Crippen molar-refractivity contribution >= 4 is 17.2 Å². The van der Waals surface area contributed by atoms with Crippen molar-refractivity contribution in [2.24, 2.45) is 0 Å². The van der Waals surface area contributed by atoms with Gasteiger partial charge in [-0.15, -0.1) is 4.57 Å². The molecule has 0 aliphatic rings. The fraction of sp³-hybridized carbons (Fsp3) is 0.350. The second kappa shape index (κ2) is 8.07. The number of unbranched alkanes of at least 4 members (excludes halogenated alkanes) is 1. The van der Waals surface area contributed by atoms with Gasteiger partial charge in [0.2, 0.25) is 5.91 Å². The predicted octanol–water partition coefficient (Wildman–Crippen LogP) is 3.61. The van der Waals surface area contributed by atoms with Crippen molar-refractivity contribution in [3.8, 4) is 5.75 Å². The number of fused-ring (bicyclic) bond motifs is 1. The molecule has 2 heterocycles. The van der Waals surface area contributed by atoms with E-state index in [0.29, 0.717) is 35.0 Å². The number of anilines is 1. The number of aromatic nitrogens is 2. The zero-order chi connectivity index (χ0) is 19.4. The summed E-state index contributed by atoms with van der Waals surface area (Å²) in [5, 5.41) is 2.88. The Morgan fingerprint density at radius 3 is 2.85 bits per heavy atom. The van der Waals surface area contributed by atoms with Gasteiger partial charge >= 0.3 is 0 Å². The highest BCUT2D eigenvalue weighted by Gasteiger charge is 2.09. The molecule has 0 radical (unpaired) electrons. The van der Waals surface area contributed by atoms with Crippen molar-refractivity contribution in [2.75, 3.05) is 5.32 Å². The van der Waals surface area contributed by atoms with Crippen LogP contribution in [-0.4, -0.2) is 15.5 Å². The van der Waals surface area contributed by atoms with E-state index in [-0.39, 0.29) is 18.1 Å². The monoisotopic (exact) mass is 369 g/mol. The number of rotatable bonds is 7. The minimum atomic E-state index is -0.291. The molecule has 0 fully saturated rings. The number of ether oxygens (including phenoxy) is 1. The lowest BCUT2D eigenvalue weighted by Gasteiger charge is -2.11. The van der Waals surface area contributed by atoms with Crippen LogP contribution < -0.4 is 15.6 Å². The van der Waals surface area contributed by atoms with Gasteiger partial charge in [-0.1, -0.05) is 19.4 Å². The van der Waals surface area contributed by atoms with Crippen molar-refractivity contribution in [2.45, 2.75) is 46.6 Å². The molecule has 0 unspecified atom stereocenters. The largest absolute Gasteiger partial charge is 0.487 e. The molecular formula is C20H23N3O4. The molecule has 1 aromatic carbocycles. The Labute approximate surface area is 156 Å². The Morgan fingerprint density at radius 1 is 1.26 bits per heavy atom. The number of amides is 1. The molecule has 0 bridgehead atoms. The fourth-order valence-electron chi connectivity index (χ4n) is 2.69. The van der Waals surface area contributed by atoms with Gasteiger partial charge in [0.15, 0.2) is 5.65 Å². The summed E-state index contributed by atoms with van der Waals surface area (Å²) in [6.07, 6.45) is 2.33. The Balaban J connectivity index is 1.73. The number of carbonyl (C=O) groups is 1. The van der Waals surface area contributed by atoms with Crippen molar-refractivity contribution in [3.63, 3.8) is 0 Å². The van der Waals surface area contributed by atoms with E-state index in [1.54, 1.807) is 19.1 Å². The first-order chi connectivity index (χ1) is 13.0. The molecule has 3 rings (SSSR count). The summed E-state index contributed by atoms with van der Waals surface area (Å²) in [6.45, 7) is 5.87. The average molecular weight is 369 g/mol. The summed E-state index contributed by atoms with van der Waals surface area (Å²) < 4.78 is 12.3. The summed E-state index contributed by atoms with van der Waals surface area (Å²) in [6, 6.07) is 8.60. The first-order valence-corrected chi connectivity index (χ1v) is 8.99. The highest BCUT2D eigenvalue weighted by molar-refractivity contribution is 5.90. The fourth-order valence-corrected chi connectivity index (χ4v) is 2.69. The molecule has 0 aliphatic heterocycles. The molecule has 1 N–H and O–H groups in total. The molecule has 0 saturated heterocycles.